The Balaban J connectivity index is 1.85. The Hall–Kier alpha value is -3.03. The highest BCUT2D eigenvalue weighted by Gasteiger charge is 2.41. The van der Waals surface area contributed by atoms with Crippen molar-refractivity contribution in [1.82, 2.24) is 5.32 Å². The smallest absolute Gasteiger partial charge is 0.329 e. The Bertz CT molecular complexity index is 974. The van der Waals surface area contributed by atoms with Crippen molar-refractivity contribution in [2.75, 3.05) is 0 Å². The van der Waals surface area contributed by atoms with E-state index in [0.717, 1.165) is 49.5 Å². The molecule has 0 aromatic heterocycles. The van der Waals surface area contributed by atoms with E-state index in [0.29, 0.717) is 50.4 Å². The highest BCUT2D eigenvalue weighted by Crippen LogP contribution is 2.29. The van der Waals surface area contributed by atoms with Crippen LogP contribution in [0.4, 0.5) is 8.78 Å². The average Bonchev–Trinajstić information content (AvgIpc) is 2.78. The van der Waals surface area contributed by atoms with Crippen LogP contribution in [-0.4, -0.2) is 33.3 Å². The van der Waals surface area contributed by atoms with E-state index in [1.165, 1.54) is 12.1 Å². The number of hydrogen-bond donors (Lipinski definition) is 3. The van der Waals surface area contributed by atoms with Crippen LogP contribution < -0.4 is 5.32 Å². The number of aliphatic hydroxyl groups is 1. The van der Waals surface area contributed by atoms with Gasteiger partial charge < -0.3 is 15.5 Å². The molecule has 0 heterocycles. The first kappa shape index (κ1) is 25.6. The highest BCUT2D eigenvalue weighted by molar-refractivity contribution is 6.04. The molecule has 3 N–H and O–H groups in total. The van der Waals surface area contributed by atoms with Crippen molar-refractivity contribution in [2.45, 2.75) is 82.7 Å². The molecule has 0 spiro atoms. The number of aliphatic carboxylic acids is 1. The molecule has 1 aromatic carbocycles. The molecule has 6 nitrogen and oxygen atoms in total. The maximum absolute atomic E-state index is 13.6. The summed E-state index contributed by atoms with van der Waals surface area (Å²) in [6.45, 7) is 0.0911. The molecule has 1 amide bonds. The number of allylic oxidation sites excluding steroid dienone is 1. The van der Waals surface area contributed by atoms with Gasteiger partial charge in [0.05, 0.1) is 18.4 Å². The Kier molecular flexibility index (Phi) is 8.96. The number of halogens is 2. The molecular formula is C26H32F2N2O4. The van der Waals surface area contributed by atoms with Crippen LogP contribution in [0, 0.1) is 11.6 Å². The van der Waals surface area contributed by atoms with Gasteiger partial charge in [0.25, 0.3) is 5.91 Å². The topological polar surface area (TPSA) is 99.0 Å². The molecule has 0 atom stereocenters. The number of carbonyl (C=O) groups is 2. The van der Waals surface area contributed by atoms with E-state index in [-0.39, 0.29) is 12.1 Å². The molecule has 0 saturated heterocycles. The first-order valence-electron chi connectivity index (χ1n) is 11.9. The van der Waals surface area contributed by atoms with E-state index >= 15 is 0 Å². The predicted molar refractivity (Wildman–Crippen MR) is 126 cm³/mol. The maximum atomic E-state index is 13.6. The number of nitrogens with zero attached hydrogens (tertiary/aromatic N) is 1. The number of hydrogen-bond acceptors (Lipinski definition) is 4. The van der Waals surface area contributed by atoms with E-state index < -0.39 is 29.0 Å². The van der Waals surface area contributed by atoms with E-state index in [1.807, 2.05) is 0 Å². The summed E-state index contributed by atoms with van der Waals surface area (Å²) < 4.78 is 27.1. The number of nitrogens with one attached hydrogen (secondary N) is 1. The van der Waals surface area contributed by atoms with Gasteiger partial charge in [-0.25, -0.2) is 13.6 Å². The normalized spacial score (nSPS) is 21.6. The molecule has 8 heteroatoms. The molecule has 0 radical (unpaired) electrons. The third kappa shape index (κ3) is 6.74. The van der Waals surface area contributed by atoms with Crippen molar-refractivity contribution in [2.24, 2.45) is 4.99 Å². The van der Waals surface area contributed by atoms with Crippen LogP contribution in [0.25, 0.3) is 0 Å². The van der Waals surface area contributed by atoms with Gasteiger partial charge in [0.1, 0.15) is 17.2 Å². The number of carbonyl (C=O) groups excluding carboxylic acids is 1. The molecule has 0 aliphatic heterocycles. The predicted octanol–water partition coefficient (Wildman–Crippen LogP) is 5.53. The lowest BCUT2D eigenvalue weighted by Gasteiger charge is -2.34. The maximum Gasteiger partial charge on any atom is 0.329 e. The van der Waals surface area contributed by atoms with Gasteiger partial charge in [-0.3, -0.25) is 9.79 Å². The van der Waals surface area contributed by atoms with Crippen molar-refractivity contribution < 1.29 is 28.6 Å². The molecule has 2 saturated carbocycles. The van der Waals surface area contributed by atoms with Crippen LogP contribution >= 0.6 is 0 Å². The molecule has 184 valence electrons. The Morgan fingerprint density at radius 2 is 1.59 bits per heavy atom. The Morgan fingerprint density at radius 1 is 0.971 bits per heavy atom. The van der Waals surface area contributed by atoms with Crippen LogP contribution in [0.5, 0.6) is 0 Å². The van der Waals surface area contributed by atoms with Crippen molar-refractivity contribution in [3.05, 3.63) is 58.9 Å². The Labute approximate surface area is 198 Å². The monoisotopic (exact) mass is 474 g/mol. The van der Waals surface area contributed by atoms with Crippen LogP contribution in [0.3, 0.4) is 0 Å². The SMILES string of the molecule is O=C(NC1(C(=O)O)CCCCC1)C(=CO)C=C1CCCCCCC1=NCc1cc(F)cc(F)c1. The molecule has 3 rings (SSSR count). The number of carboxylic acids is 1. The van der Waals surface area contributed by atoms with Crippen molar-refractivity contribution in [3.63, 3.8) is 0 Å². The lowest BCUT2D eigenvalue weighted by Crippen LogP contribution is -2.55. The lowest BCUT2D eigenvalue weighted by atomic mass is 9.81. The number of aliphatic imine (C=N–C) groups is 1. The summed E-state index contributed by atoms with van der Waals surface area (Å²) in [5, 5.41) is 22.2. The second-order valence-corrected chi connectivity index (χ2v) is 9.11. The van der Waals surface area contributed by atoms with Gasteiger partial charge in [-0.15, -0.1) is 0 Å². The zero-order valence-electron chi connectivity index (χ0n) is 19.3. The van der Waals surface area contributed by atoms with Crippen LogP contribution in [0.2, 0.25) is 0 Å². The molecular weight excluding hydrogens is 442 g/mol. The zero-order valence-corrected chi connectivity index (χ0v) is 19.3. The second-order valence-electron chi connectivity index (χ2n) is 9.11. The third-order valence-corrected chi connectivity index (χ3v) is 6.56. The van der Waals surface area contributed by atoms with E-state index in [2.05, 4.69) is 10.3 Å². The van der Waals surface area contributed by atoms with E-state index in [4.69, 9.17) is 0 Å². The first-order chi connectivity index (χ1) is 16.3. The molecule has 0 bridgehead atoms. The number of aliphatic hydroxyl groups excluding tert-OH is 1. The summed E-state index contributed by atoms with van der Waals surface area (Å²) in [6.07, 6.45) is 10.4. The average molecular weight is 475 g/mol. The molecule has 34 heavy (non-hydrogen) atoms. The molecule has 2 fully saturated rings. The molecule has 1 aromatic rings. The van der Waals surface area contributed by atoms with Crippen molar-refractivity contribution >= 4 is 17.6 Å². The van der Waals surface area contributed by atoms with Gasteiger partial charge >= 0.3 is 5.97 Å². The molecule has 2 aliphatic carbocycles. The number of benzene rings is 1. The van der Waals surface area contributed by atoms with Crippen LogP contribution in [0.1, 0.15) is 76.2 Å². The van der Waals surface area contributed by atoms with E-state index in [1.54, 1.807) is 6.08 Å². The number of rotatable bonds is 6. The summed E-state index contributed by atoms with van der Waals surface area (Å²) in [6, 6.07) is 3.29. The summed E-state index contributed by atoms with van der Waals surface area (Å²) in [4.78, 5) is 29.5. The van der Waals surface area contributed by atoms with Crippen LogP contribution in [-0.2, 0) is 16.1 Å². The van der Waals surface area contributed by atoms with Gasteiger partial charge in [-0.05, 0) is 67.9 Å². The quantitative estimate of drug-likeness (QED) is 0.373. The van der Waals surface area contributed by atoms with Gasteiger partial charge in [-0.2, -0.15) is 0 Å². The minimum atomic E-state index is -1.33. The fraction of sp³-hybridized carbons (Fsp3) is 0.500. The van der Waals surface area contributed by atoms with Gasteiger partial charge in [0, 0.05) is 11.8 Å². The lowest BCUT2D eigenvalue weighted by molar-refractivity contribution is -0.148. The highest BCUT2D eigenvalue weighted by atomic mass is 19.1. The minimum absolute atomic E-state index is 0.0359. The number of carboxylic acid groups (broad SMARTS) is 1. The van der Waals surface area contributed by atoms with E-state index in [9.17, 15) is 28.6 Å². The summed E-state index contributed by atoms with van der Waals surface area (Å²) >= 11 is 0. The fourth-order valence-electron chi connectivity index (χ4n) is 4.68. The largest absolute Gasteiger partial charge is 0.515 e. The summed E-state index contributed by atoms with van der Waals surface area (Å²) in [5.41, 5.74) is 0.526. The molecule has 2 aliphatic rings. The number of amides is 1. The van der Waals surface area contributed by atoms with Gasteiger partial charge in [-0.1, -0.05) is 32.1 Å². The minimum Gasteiger partial charge on any atom is -0.515 e. The van der Waals surface area contributed by atoms with Crippen LogP contribution in [0.15, 0.2) is 46.7 Å². The Morgan fingerprint density at radius 3 is 2.21 bits per heavy atom. The van der Waals surface area contributed by atoms with Crippen molar-refractivity contribution in [3.8, 4) is 0 Å². The summed E-state index contributed by atoms with van der Waals surface area (Å²) in [7, 11) is 0. The van der Waals surface area contributed by atoms with Crippen molar-refractivity contribution in [1.29, 1.82) is 0 Å². The second kappa shape index (κ2) is 11.9. The third-order valence-electron chi connectivity index (χ3n) is 6.56. The zero-order chi connectivity index (χ0) is 24.6. The fourth-order valence-corrected chi connectivity index (χ4v) is 4.68. The standard InChI is InChI=1S/C26H32F2N2O4/c27-21-12-18(13-22(28)15-21)16-29-23-9-5-2-1-4-8-19(23)14-20(17-31)24(32)30-26(25(33)34)10-6-3-7-11-26/h12-15,17,31H,1-11,16H2,(H,30,32)(H,33,34). The van der Waals surface area contributed by atoms with Gasteiger partial charge in [0.15, 0.2) is 0 Å². The first-order valence-corrected chi connectivity index (χ1v) is 11.9. The van der Waals surface area contributed by atoms with Gasteiger partial charge in [0.2, 0.25) is 0 Å². The summed E-state index contributed by atoms with van der Waals surface area (Å²) in [5.74, 6) is -3.05. The molecule has 0 unspecified atom stereocenters.